The number of hydrogen-bond donors (Lipinski definition) is 1. The number of carbonyl (C=O) groups is 1. The van der Waals surface area contributed by atoms with Crippen LogP contribution in [0.2, 0.25) is 0 Å². The number of nitrogens with zero attached hydrogens (tertiary/aromatic N) is 2. The van der Waals surface area contributed by atoms with Gasteiger partial charge in [-0.15, -0.1) is 0 Å². The van der Waals surface area contributed by atoms with Crippen LogP contribution in [0.15, 0.2) is 108 Å². The van der Waals surface area contributed by atoms with Gasteiger partial charge < -0.3 is 4.90 Å². The van der Waals surface area contributed by atoms with E-state index in [1.54, 1.807) is 42.5 Å². The van der Waals surface area contributed by atoms with Crippen molar-refractivity contribution in [2.45, 2.75) is 24.8 Å². The number of nitrogens with one attached hydrogen (secondary N) is 1. The van der Waals surface area contributed by atoms with Crippen LogP contribution in [0.4, 0.5) is 5.69 Å². The maximum atomic E-state index is 13.5. The van der Waals surface area contributed by atoms with E-state index in [2.05, 4.69) is 58.2 Å². The van der Waals surface area contributed by atoms with Crippen molar-refractivity contribution >= 4 is 21.6 Å². The number of piperazine rings is 1. The molecule has 0 aromatic heterocycles. The lowest BCUT2D eigenvalue weighted by molar-refractivity contribution is 0.0597. The Hall–Kier alpha value is -3.94. The van der Waals surface area contributed by atoms with E-state index in [-0.39, 0.29) is 16.8 Å². The molecule has 1 heterocycles. The highest BCUT2D eigenvalue weighted by molar-refractivity contribution is 7.92. The molecule has 0 bridgehead atoms. The molecule has 1 fully saturated rings. The fraction of sp³-hybridized carbons (Fsp3) is 0.219. The van der Waals surface area contributed by atoms with Crippen LogP contribution < -0.4 is 4.72 Å². The molecule has 0 spiro atoms. The predicted molar refractivity (Wildman–Crippen MR) is 155 cm³/mol. The summed E-state index contributed by atoms with van der Waals surface area (Å²) in [7, 11) is -3.77. The Morgan fingerprint density at radius 3 is 1.87 bits per heavy atom. The van der Waals surface area contributed by atoms with Crippen LogP contribution in [0.3, 0.4) is 0 Å². The Kier molecular flexibility index (Phi) is 7.82. The zero-order valence-electron chi connectivity index (χ0n) is 22.2. The van der Waals surface area contributed by atoms with Crippen molar-refractivity contribution in [3.63, 3.8) is 0 Å². The van der Waals surface area contributed by atoms with E-state index in [1.165, 1.54) is 11.1 Å². The molecule has 7 heteroatoms. The molecule has 0 aliphatic carbocycles. The average molecular weight is 540 g/mol. The van der Waals surface area contributed by atoms with E-state index in [0.29, 0.717) is 24.3 Å². The van der Waals surface area contributed by atoms with Crippen molar-refractivity contribution in [3.05, 3.63) is 131 Å². The lowest BCUT2D eigenvalue weighted by Gasteiger charge is -2.40. The summed E-state index contributed by atoms with van der Waals surface area (Å²) >= 11 is 0. The molecule has 5 rings (SSSR count). The van der Waals surface area contributed by atoms with Gasteiger partial charge in [0.25, 0.3) is 15.9 Å². The Morgan fingerprint density at radius 1 is 0.744 bits per heavy atom. The van der Waals surface area contributed by atoms with E-state index in [9.17, 15) is 13.2 Å². The van der Waals surface area contributed by atoms with Gasteiger partial charge in [0.2, 0.25) is 0 Å². The molecule has 1 aliphatic rings. The number of sulfonamides is 1. The fourth-order valence-electron chi connectivity index (χ4n) is 5.04. The van der Waals surface area contributed by atoms with Crippen molar-refractivity contribution in [2.24, 2.45) is 0 Å². The summed E-state index contributed by atoms with van der Waals surface area (Å²) in [6.07, 6.45) is 0. The van der Waals surface area contributed by atoms with Crippen LogP contribution in [0, 0.1) is 13.8 Å². The van der Waals surface area contributed by atoms with Crippen LogP contribution in [0.1, 0.15) is 38.7 Å². The van der Waals surface area contributed by atoms with Crippen molar-refractivity contribution in [1.29, 1.82) is 0 Å². The molecule has 0 unspecified atom stereocenters. The third-order valence-corrected chi connectivity index (χ3v) is 8.64. The van der Waals surface area contributed by atoms with Gasteiger partial charge >= 0.3 is 0 Å². The second-order valence-corrected chi connectivity index (χ2v) is 11.7. The van der Waals surface area contributed by atoms with Gasteiger partial charge in [0.05, 0.1) is 16.6 Å². The number of aryl methyl sites for hydroxylation is 2. The van der Waals surface area contributed by atoms with Crippen molar-refractivity contribution in [3.8, 4) is 0 Å². The molecule has 1 N–H and O–H groups in total. The summed E-state index contributed by atoms with van der Waals surface area (Å²) in [6.45, 7) is 6.39. The fourth-order valence-corrected chi connectivity index (χ4v) is 6.16. The number of carbonyl (C=O) groups excluding carboxylic acids is 1. The minimum Gasteiger partial charge on any atom is -0.336 e. The SMILES string of the molecule is Cc1ccc(S(=O)(=O)Nc2cc(C(=O)N3CCN(C(c4ccccc4)c4ccccc4)CC3)ccc2C)cc1. The van der Waals surface area contributed by atoms with Crippen molar-refractivity contribution in [2.75, 3.05) is 30.9 Å². The largest absolute Gasteiger partial charge is 0.336 e. The van der Waals surface area contributed by atoms with E-state index in [4.69, 9.17) is 0 Å². The summed E-state index contributed by atoms with van der Waals surface area (Å²) < 4.78 is 28.6. The molecular weight excluding hydrogens is 506 g/mol. The highest BCUT2D eigenvalue weighted by Crippen LogP contribution is 2.30. The Morgan fingerprint density at radius 2 is 1.31 bits per heavy atom. The van der Waals surface area contributed by atoms with Gasteiger partial charge in [0, 0.05) is 31.7 Å². The Balaban J connectivity index is 1.30. The lowest BCUT2D eigenvalue weighted by Crippen LogP contribution is -2.49. The van der Waals surface area contributed by atoms with Gasteiger partial charge in [-0.05, 0) is 54.8 Å². The smallest absolute Gasteiger partial charge is 0.261 e. The minimum absolute atomic E-state index is 0.0959. The zero-order chi connectivity index (χ0) is 27.4. The predicted octanol–water partition coefficient (Wildman–Crippen LogP) is 5.65. The van der Waals surface area contributed by atoms with Gasteiger partial charge in [0.15, 0.2) is 0 Å². The molecule has 39 heavy (non-hydrogen) atoms. The molecule has 0 radical (unpaired) electrons. The first-order valence-corrected chi connectivity index (χ1v) is 14.6. The Labute approximate surface area is 231 Å². The van der Waals surface area contributed by atoms with Crippen LogP contribution in [-0.2, 0) is 10.0 Å². The third-order valence-electron chi connectivity index (χ3n) is 7.26. The molecule has 4 aromatic carbocycles. The number of hydrogen-bond acceptors (Lipinski definition) is 4. The first-order chi connectivity index (χ1) is 18.8. The normalized spacial score (nSPS) is 14.4. The second-order valence-electron chi connectivity index (χ2n) is 10.0. The standard InChI is InChI=1S/C32H33N3O3S/c1-24-13-17-29(18-14-24)39(37,38)33-30-23-28(16-15-25(30)2)32(36)35-21-19-34(20-22-35)31(26-9-5-3-6-10-26)27-11-7-4-8-12-27/h3-18,23,31,33H,19-22H2,1-2H3. The summed E-state index contributed by atoms with van der Waals surface area (Å²) in [5, 5.41) is 0. The highest BCUT2D eigenvalue weighted by Gasteiger charge is 2.29. The van der Waals surface area contributed by atoms with E-state index in [1.807, 2.05) is 30.9 Å². The molecule has 6 nitrogen and oxygen atoms in total. The summed E-state index contributed by atoms with van der Waals surface area (Å²) in [6, 6.07) is 32.9. The summed E-state index contributed by atoms with van der Waals surface area (Å²) in [5.41, 5.74) is 5.07. The van der Waals surface area contributed by atoms with Crippen LogP contribution in [-0.4, -0.2) is 50.3 Å². The number of anilines is 1. The molecule has 0 atom stereocenters. The zero-order valence-corrected chi connectivity index (χ0v) is 23.1. The topological polar surface area (TPSA) is 69.7 Å². The van der Waals surface area contributed by atoms with Gasteiger partial charge in [0.1, 0.15) is 0 Å². The van der Waals surface area contributed by atoms with E-state index in [0.717, 1.165) is 24.2 Å². The quantitative estimate of drug-likeness (QED) is 0.329. The Bertz CT molecular complexity index is 1490. The van der Waals surface area contributed by atoms with Crippen LogP contribution in [0.25, 0.3) is 0 Å². The molecule has 1 aliphatic heterocycles. The van der Waals surface area contributed by atoms with Crippen molar-refractivity contribution in [1.82, 2.24) is 9.80 Å². The number of benzene rings is 4. The van der Waals surface area contributed by atoms with Gasteiger partial charge in [-0.3, -0.25) is 14.4 Å². The monoisotopic (exact) mass is 539 g/mol. The molecule has 0 saturated carbocycles. The first kappa shape index (κ1) is 26.7. The minimum atomic E-state index is -3.77. The van der Waals surface area contributed by atoms with E-state index >= 15 is 0 Å². The maximum Gasteiger partial charge on any atom is 0.261 e. The molecule has 1 amide bonds. The molecular formula is C32H33N3O3S. The van der Waals surface area contributed by atoms with Gasteiger partial charge in [-0.2, -0.15) is 0 Å². The van der Waals surface area contributed by atoms with Crippen LogP contribution >= 0.6 is 0 Å². The summed E-state index contributed by atoms with van der Waals surface area (Å²) in [5.74, 6) is -0.0959. The first-order valence-electron chi connectivity index (χ1n) is 13.2. The average Bonchev–Trinajstić information content (AvgIpc) is 2.96. The highest BCUT2D eigenvalue weighted by atomic mass is 32.2. The molecule has 200 valence electrons. The number of rotatable bonds is 7. The van der Waals surface area contributed by atoms with Gasteiger partial charge in [-0.25, -0.2) is 8.42 Å². The second kappa shape index (κ2) is 11.4. The van der Waals surface area contributed by atoms with Crippen molar-refractivity contribution < 1.29 is 13.2 Å². The van der Waals surface area contributed by atoms with E-state index < -0.39 is 10.0 Å². The van der Waals surface area contributed by atoms with Gasteiger partial charge in [-0.1, -0.05) is 84.4 Å². The molecule has 4 aromatic rings. The maximum absolute atomic E-state index is 13.5. The molecule has 1 saturated heterocycles. The number of amides is 1. The van der Waals surface area contributed by atoms with Crippen LogP contribution in [0.5, 0.6) is 0 Å². The third kappa shape index (κ3) is 6.05. The lowest BCUT2D eigenvalue weighted by atomic mass is 9.96. The summed E-state index contributed by atoms with van der Waals surface area (Å²) in [4.78, 5) is 17.9.